The third-order valence-corrected chi connectivity index (χ3v) is 2.89. The fourth-order valence-corrected chi connectivity index (χ4v) is 1.96. The summed E-state index contributed by atoms with van der Waals surface area (Å²) < 4.78 is 0. The molecule has 3 rings (SSSR count). The maximum Gasteiger partial charge on any atom is 0.0959 e. The van der Waals surface area contributed by atoms with Crippen molar-refractivity contribution in [1.29, 1.82) is 0 Å². The van der Waals surface area contributed by atoms with Gasteiger partial charge >= 0.3 is 0 Å². The van der Waals surface area contributed by atoms with Gasteiger partial charge in [0.2, 0.25) is 0 Å². The molecule has 0 atom stereocenters. The van der Waals surface area contributed by atoms with Crippen LogP contribution in [0.5, 0.6) is 0 Å². The first-order valence-corrected chi connectivity index (χ1v) is 5.63. The zero-order valence-electron chi connectivity index (χ0n) is 9.59. The van der Waals surface area contributed by atoms with Crippen molar-refractivity contribution < 1.29 is 0 Å². The molecule has 2 aromatic carbocycles. The Morgan fingerprint density at radius 1 is 0.824 bits per heavy atom. The SMILES string of the molecule is Cc1cccc2cc(-c3ccccc3)nnc12. The molecule has 0 N–H and O–H groups in total. The van der Waals surface area contributed by atoms with E-state index in [9.17, 15) is 0 Å². The Bertz CT molecular complexity index is 660. The second-order valence-corrected chi connectivity index (χ2v) is 4.11. The summed E-state index contributed by atoms with van der Waals surface area (Å²) in [7, 11) is 0. The monoisotopic (exact) mass is 220 g/mol. The van der Waals surface area contributed by atoms with E-state index in [1.807, 2.05) is 36.4 Å². The van der Waals surface area contributed by atoms with Crippen LogP contribution < -0.4 is 0 Å². The lowest BCUT2D eigenvalue weighted by molar-refractivity contribution is 1.08. The van der Waals surface area contributed by atoms with Gasteiger partial charge in [-0.1, -0.05) is 48.5 Å². The van der Waals surface area contributed by atoms with E-state index in [2.05, 4.69) is 35.3 Å². The van der Waals surface area contributed by atoms with Gasteiger partial charge < -0.3 is 0 Å². The van der Waals surface area contributed by atoms with Gasteiger partial charge in [-0.2, -0.15) is 0 Å². The minimum Gasteiger partial charge on any atom is -0.150 e. The fraction of sp³-hybridized carbons (Fsp3) is 0.0667. The number of hydrogen-bond acceptors (Lipinski definition) is 2. The van der Waals surface area contributed by atoms with Crippen LogP contribution in [0.1, 0.15) is 5.56 Å². The molecule has 0 amide bonds. The zero-order chi connectivity index (χ0) is 11.7. The summed E-state index contributed by atoms with van der Waals surface area (Å²) in [5, 5.41) is 9.73. The number of fused-ring (bicyclic) bond motifs is 1. The fourth-order valence-electron chi connectivity index (χ4n) is 1.96. The molecule has 0 aliphatic carbocycles. The molecule has 2 heteroatoms. The van der Waals surface area contributed by atoms with Crippen LogP contribution in [0.2, 0.25) is 0 Å². The highest BCUT2D eigenvalue weighted by atomic mass is 15.1. The molecule has 2 nitrogen and oxygen atoms in total. The Labute approximate surface area is 99.9 Å². The highest BCUT2D eigenvalue weighted by Gasteiger charge is 2.03. The Hall–Kier alpha value is -2.22. The lowest BCUT2D eigenvalue weighted by Crippen LogP contribution is -1.90. The normalized spacial score (nSPS) is 10.6. The van der Waals surface area contributed by atoms with Crippen LogP contribution in [0.25, 0.3) is 22.2 Å². The van der Waals surface area contributed by atoms with Gasteiger partial charge in [0.05, 0.1) is 11.2 Å². The average molecular weight is 220 g/mol. The van der Waals surface area contributed by atoms with Crippen LogP contribution in [-0.4, -0.2) is 10.2 Å². The van der Waals surface area contributed by atoms with Gasteiger partial charge in [0.25, 0.3) is 0 Å². The predicted molar refractivity (Wildman–Crippen MR) is 69.7 cm³/mol. The molecule has 0 saturated heterocycles. The van der Waals surface area contributed by atoms with Crippen molar-refractivity contribution in [2.24, 2.45) is 0 Å². The molecule has 0 spiro atoms. The minimum atomic E-state index is 0.920. The lowest BCUT2D eigenvalue weighted by Gasteiger charge is -2.03. The summed E-state index contributed by atoms with van der Waals surface area (Å²) in [5.74, 6) is 0. The molecule has 1 aromatic heterocycles. The average Bonchev–Trinajstić information content (AvgIpc) is 2.40. The first kappa shape index (κ1) is 9.97. The number of aromatic nitrogens is 2. The number of rotatable bonds is 1. The van der Waals surface area contributed by atoms with Crippen molar-refractivity contribution in [3.05, 3.63) is 60.2 Å². The smallest absolute Gasteiger partial charge is 0.0959 e. The predicted octanol–water partition coefficient (Wildman–Crippen LogP) is 3.61. The molecule has 0 fully saturated rings. The second kappa shape index (κ2) is 3.98. The quantitative estimate of drug-likeness (QED) is 0.626. The van der Waals surface area contributed by atoms with Gasteiger partial charge in [0.15, 0.2) is 0 Å². The van der Waals surface area contributed by atoms with E-state index in [0.717, 1.165) is 27.7 Å². The van der Waals surface area contributed by atoms with Gasteiger partial charge in [0.1, 0.15) is 0 Å². The van der Waals surface area contributed by atoms with Crippen molar-refractivity contribution in [3.63, 3.8) is 0 Å². The van der Waals surface area contributed by atoms with E-state index >= 15 is 0 Å². The summed E-state index contributed by atoms with van der Waals surface area (Å²) in [4.78, 5) is 0. The van der Waals surface area contributed by atoms with Crippen LogP contribution in [-0.2, 0) is 0 Å². The lowest BCUT2D eigenvalue weighted by atomic mass is 10.1. The van der Waals surface area contributed by atoms with Crippen LogP contribution in [0.4, 0.5) is 0 Å². The van der Waals surface area contributed by atoms with E-state index in [1.54, 1.807) is 0 Å². The van der Waals surface area contributed by atoms with Crippen LogP contribution in [0.15, 0.2) is 54.6 Å². The van der Waals surface area contributed by atoms with E-state index in [4.69, 9.17) is 0 Å². The zero-order valence-corrected chi connectivity index (χ0v) is 9.59. The number of hydrogen-bond donors (Lipinski definition) is 0. The van der Waals surface area contributed by atoms with Gasteiger partial charge in [0, 0.05) is 10.9 Å². The van der Waals surface area contributed by atoms with Crippen molar-refractivity contribution in [2.45, 2.75) is 6.92 Å². The third kappa shape index (κ3) is 1.78. The van der Waals surface area contributed by atoms with E-state index < -0.39 is 0 Å². The molecule has 82 valence electrons. The molecule has 0 unspecified atom stereocenters. The molecule has 17 heavy (non-hydrogen) atoms. The van der Waals surface area contributed by atoms with Gasteiger partial charge in [-0.25, -0.2) is 0 Å². The summed E-state index contributed by atoms with van der Waals surface area (Å²) in [6.45, 7) is 2.05. The summed E-state index contributed by atoms with van der Waals surface area (Å²) in [6, 6.07) is 18.4. The maximum atomic E-state index is 4.31. The molecule has 0 radical (unpaired) electrons. The van der Waals surface area contributed by atoms with Crippen molar-refractivity contribution in [1.82, 2.24) is 10.2 Å². The maximum absolute atomic E-state index is 4.31. The standard InChI is InChI=1S/C15H12N2/c1-11-6-5-9-13-10-14(16-17-15(11)13)12-7-3-2-4-8-12/h2-10H,1H3. The number of aryl methyl sites for hydroxylation is 1. The van der Waals surface area contributed by atoms with Crippen LogP contribution in [0, 0.1) is 6.92 Å². The van der Waals surface area contributed by atoms with E-state index in [0.29, 0.717) is 0 Å². The van der Waals surface area contributed by atoms with Gasteiger partial charge in [-0.15, -0.1) is 10.2 Å². The van der Waals surface area contributed by atoms with Crippen LogP contribution in [0.3, 0.4) is 0 Å². The second-order valence-electron chi connectivity index (χ2n) is 4.11. The molecule has 3 aromatic rings. The topological polar surface area (TPSA) is 25.8 Å². The van der Waals surface area contributed by atoms with E-state index in [1.165, 1.54) is 0 Å². The van der Waals surface area contributed by atoms with Crippen molar-refractivity contribution in [3.8, 4) is 11.3 Å². The Balaban J connectivity index is 2.21. The molecule has 0 aliphatic rings. The Kier molecular flexibility index (Phi) is 2.33. The van der Waals surface area contributed by atoms with Gasteiger partial charge in [-0.3, -0.25) is 0 Å². The Morgan fingerprint density at radius 3 is 2.47 bits per heavy atom. The minimum absolute atomic E-state index is 0.920. The summed E-state index contributed by atoms with van der Waals surface area (Å²) >= 11 is 0. The van der Waals surface area contributed by atoms with Gasteiger partial charge in [-0.05, 0) is 18.6 Å². The molecule has 0 saturated carbocycles. The Morgan fingerprint density at radius 2 is 1.65 bits per heavy atom. The number of nitrogens with zero attached hydrogens (tertiary/aromatic N) is 2. The summed E-state index contributed by atoms with van der Waals surface area (Å²) in [5.41, 5.74) is 4.16. The molecule has 0 bridgehead atoms. The van der Waals surface area contributed by atoms with Crippen LogP contribution >= 0.6 is 0 Å². The van der Waals surface area contributed by atoms with Crippen molar-refractivity contribution >= 4 is 10.9 Å². The number of benzene rings is 2. The molecule has 1 heterocycles. The molecular weight excluding hydrogens is 208 g/mol. The third-order valence-electron chi connectivity index (χ3n) is 2.89. The van der Waals surface area contributed by atoms with Crippen molar-refractivity contribution in [2.75, 3.05) is 0 Å². The first-order valence-electron chi connectivity index (χ1n) is 5.63. The molecule has 0 aliphatic heterocycles. The summed E-state index contributed by atoms with van der Waals surface area (Å²) in [6.07, 6.45) is 0. The van der Waals surface area contributed by atoms with E-state index in [-0.39, 0.29) is 0 Å². The largest absolute Gasteiger partial charge is 0.150 e. The highest BCUT2D eigenvalue weighted by Crippen LogP contribution is 2.21. The highest BCUT2D eigenvalue weighted by molar-refractivity contribution is 5.84. The molecular formula is C15H12N2. The first-order chi connectivity index (χ1) is 8.34.